The Hall–Kier alpha value is -1.33. The van der Waals surface area contributed by atoms with Crippen molar-refractivity contribution in [2.45, 2.75) is 31.9 Å². The van der Waals surface area contributed by atoms with Crippen molar-refractivity contribution < 1.29 is 9.53 Å². The van der Waals surface area contributed by atoms with Crippen LogP contribution in [-0.2, 0) is 16.1 Å². The third-order valence-corrected chi connectivity index (χ3v) is 3.33. The van der Waals surface area contributed by atoms with Gasteiger partial charge in [-0.25, -0.2) is 0 Å². The summed E-state index contributed by atoms with van der Waals surface area (Å²) >= 11 is 0. The Morgan fingerprint density at radius 3 is 2.79 bits per heavy atom. The van der Waals surface area contributed by atoms with Crippen molar-refractivity contribution in [3.63, 3.8) is 0 Å². The van der Waals surface area contributed by atoms with Gasteiger partial charge in [-0.3, -0.25) is 4.79 Å². The molecule has 106 valence electrons. The third kappa shape index (κ3) is 5.44. The number of hydrogen-bond acceptors (Lipinski definition) is 3. The molecular weight excluding hydrogens is 242 g/mol. The number of carbonyl (C=O) groups excluding carboxylic acids is 1. The molecule has 1 saturated heterocycles. The molecule has 0 atom stereocenters. The average Bonchev–Trinajstić information content (AvgIpc) is 2.93. The normalized spacial score (nSPS) is 16.4. The summed E-state index contributed by atoms with van der Waals surface area (Å²) in [5, 5.41) is 6.20. The molecule has 0 saturated carbocycles. The number of nitrogens with zero attached hydrogens (tertiary/aromatic N) is 1. The van der Waals surface area contributed by atoms with Crippen LogP contribution in [0, 0.1) is 0 Å². The van der Waals surface area contributed by atoms with Crippen molar-refractivity contribution in [3.8, 4) is 0 Å². The van der Waals surface area contributed by atoms with E-state index in [1.807, 2.05) is 29.1 Å². The van der Waals surface area contributed by atoms with Crippen LogP contribution in [0.1, 0.15) is 19.3 Å². The first-order valence-electron chi connectivity index (χ1n) is 7.04. The van der Waals surface area contributed by atoms with E-state index in [9.17, 15) is 4.79 Å². The Morgan fingerprint density at radius 1 is 1.32 bits per heavy atom. The maximum Gasteiger partial charge on any atom is 0.222 e. The number of piperidine rings is 1. The van der Waals surface area contributed by atoms with Gasteiger partial charge in [0, 0.05) is 31.9 Å². The molecule has 1 fully saturated rings. The molecule has 1 aliphatic heterocycles. The van der Waals surface area contributed by atoms with Gasteiger partial charge in [0.05, 0.1) is 12.7 Å². The Balaban J connectivity index is 1.49. The van der Waals surface area contributed by atoms with E-state index in [1.165, 1.54) is 0 Å². The number of amides is 1. The van der Waals surface area contributed by atoms with Crippen molar-refractivity contribution in [1.82, 2.24) is 15.2 Å². The van der Waals surface area contributed by atoms with E-state index in [4.69, 9.17) is 4.74 Å². The lowest BCUT2D eigenvalue weighted by molar-refractivity contribution is -0.122. The number of ether oxygens (including phenoxy) is 1. The first-order chi connectivity index (χ1) is 9.34. The lowest BCUT2D eigenvalue weighted by Gasteiger charge is -2.22. The van der Waals surface area contributed by atoms with E-state index in [1.54, 1.807) is 0 Å². The Morgan fingerprint density at radius 2 is 2.05 bits per heavy atom. The van der Waals surface area contributed by atoms with Crippen LogP contribution in [0.25, 0.3) is 0 Å². The first-order valence-corrected chi connectivity index (χ1v) is 7.04. The second-order valence-corrected chi connectivity index (χ2v) is 4.84. The molecule has 0 spiro atoms. The van der Waals surface area contributed by atoms with Gasteiger partial charge in [0.1, 0.15) is 0 Å². The van der Waals surface area contributed by atoms with Crippen LogP contribution in [0.2, 0.25) is 0 Å². The zero-order valence-corrected chi connectivity index (χ0v) is 11.3. The van der Waals surface area contributed by atoms with Crippen LogP contribution in [0.5, 0.6) is 0 Å². The summed E-state index contributed by atoms with van der Waals surface area (Å²) in [5.41, 5.74) is 0. The van der Waals surface area contributed by atoms with Crippen molar-refractivity contribution in [2.75, 3.05) is 26.2 Å². The largest absolute Gasteiger partial charge is 0.378 e. The van der Waals surface area contributed by atoms with E-state index in [2.05, 4.69) is 10.6 Å². The summed E-state index contributed by atoms with van der Waals surface area (Å²) in [6, 6.07) is 3.96. The highest BCUT2D eigenvalue weighted by molar-refractivity contribution is 5.75. The molecule has 0 unspecified atom stereocenters. The minimum absolute atomic E-state index is 0.0705. The van der Waals surface area contributed by atoms with Gasteiger partial charge in [-0.1, -0.05) is 0 Å². The number of aromatic nitrogens is 1. The fourth-order valence-electron chi connectivity index (χ4n) is 2.21. The molecule has 2 heterocycles. The number of hydrogen-bond donors (Lipinski definition) is 2. The molecule has 1 aromatic rings. The van der Waals surface area contributed by atoms with Crippen LogP contribution in [0.4, 0.5) is 0 Å². The molecule has 19 heavy (non-hydrogen) atoms. The minimum Gasteiger partial charge on any atom is -0.378 e. The second-order valence-electron chi connectivity index (χ2n) is 4.84. The molecule has 5 nitrogen and oxygen atoms in total. The Labute approximate surface area is 114 Å². The number of nitrogens with one attached hydrogen (secondary N) is 2. The highest BCUT2D eigenvalue weighted by Gasteiger charge is 2.13. The molecule has 1 aromatic heterocycles. The number of rotatable bonds is 7. The van der Waals surface area contributed by atoms with E-state index in [0.717, 1.165) is 32.5 Å². The molecule has 2 N–H and O–H groups in total. The van der Waals surface area contributed by atoms with Gasteiger partial charge in [0.25, 0.3) is 0 Å². The predicted molar refractivity (Wildman–Crippen MR) is 73.9 cm³/mol. The fraction of sp³-hybridized carbons (Fsp3) is 0.643. The topological polar surface area (TPSA) is 55.3 Å². The molecule has 5 heteroatoms. The first kappa shape index (κ1) is 14.1. The Kier molecular flexibility index (Phi) is 5.91. The maximum absolute atomic E-state index is 11.6. The van der Waals surface area contributed by atoms with Gasteiger partial charge in [-0.15, -0.1) is 0 Å². The molecule has 0 bridgehead atoms. The minimum atomic E-state index is 0.0705. The predicted octanol–water partition coefficient (Wildman–Crippen LogP) is 0.763. The third-order valence-electron chi connectivity index (χ3n) is 3.33. The molecule has 1 aliphatic rings. The number of carbonyl (C=O) groups is 1. The molecule has 2 rings (SSSR count). The van der Waals surface area contributed by atoms with Gasteiger partial charge < -0.3 is 19.9 Å². The lowest BCUT2D eigenvalue weighted by atomic mass is 10.1. The smallest absolute Gasteiger partial charge is 0.222 e. The zero-order chi connectivity index (χ0) is 13.3. The van der Waals surface area contributed by atoms with E-state index in [0.29, 0.717) is 25.7 Å². The zero-order valence-electron chi connectivity index (χ0n) is 11.3. The fourth-order valence-corrected chi connectivity index (χ4v) is 2.21. The summed E-state index contributed by atoms with van der Waals surface area (Å²) in [5.74, 6) is 0.0705. The molecule has 0 aliphatic carbocycles. The lowest BCUT2D eigenvalue weighted by Crippen LogP contribution is -2.33. The van der Waals surface area contributed by atoms with Crippen molar-refractivity contribution in [2.24, 2.45) is 0 Å². The summed E-state index contributed by atoms with van der Waals surface area (Å²) < 4.78 is 7.75. The van der Waals surface area contributed by atoms with Crippen LogP contribution in [-0.4, -0.2) is 42.8 Å². The summed E-state index contributed by atoms with van der Waals surface area (Å²) in [4.78, 5) is 11.6. The molecular formula is C14H23N3O2. The molecule has 0 aromatic carbocycles. The summed E-state index contributed by atoms with van der Waals surface area (Å²) in [7, 11) is 0. The highest BCUT2D eigenvalue weighted by Crippen LogP contribution is 2.07. The maximum atomic E-state index is 11.6. The van der Waals surface area contributed by atoms with Gasteiger partial charge in [0.15, 0.2) is 0 Å². The molecule has 0 radical (unpaired) electrons. The van der Waals surface area contributed by atoms with Gasteiger partial charge in [0.2, 0.25) is 5.91 Å². The van der Waals surface area contributed by atoms with Gasteiger partial charge in [-0.05, 0) is 38.1 Å². The van der Waals surface area contributed by atoms with Gasteiger partial charge in [-0.2, -0.15) is 0 Å². The van der Waals surface area contributed by atoms with Crippen LogP contribution in [0.3, 0.4) is 0 Å². The standard InChI is InChI=1S/C14H23N3O2/c18-14(16-8-11-17-9-1-2-10-17)5-12-19-13-3-6-15-7-4-13/h1-2,9-10,13,15H,3-8,11-12H2,(H,16,18). The summed E-state index contributed by atoms with van der Waals surface area (Å²) in [6.45, 7) is 4.05. The van der Waals surface area contributed by atoms with Crippen molar-refractivity contribution in [3.05, 3.63) is 24.5 Å². The van der Waals surface area contributed by atoms with E-state index < -0.39 is 0 Å². The van der Waals surface area contributed by atoms with E-state index >= 15 is 0 Å². The summed E-state index contributed by atoms with van der Waals surface area (Å²) in [6.07, 6.45) is 6.87. The van der Waals surface area contributed by atoms with Crippen LogP contribution < -0.4 is 10.6 Å². The van der Waals surface area contributed by atoms with Crippen LogP contribution in [0.15, 0.2) is 24.5 Å². The highest BCUT2D eigenvalue weighted by atomic mass is 16.5. The Bertz CT molecular complexity index is 359. The quantitative estimate of drug-likeness (QED) is 0.765. The second kappa shape index (κ2) is 7.96. The van der Waals surface area contributed by atoms with Crippen LogP contribution >= 0.6 is 0 Å². The SMILES string of the molecule is O=C(CCOC1CCNCC1)NCCn1cccc1. The van der Waals surface area contributed by atoms with Gasteiger partial charge >= 0.3 is 0 Å². The van der Waals surface area contributed by atoms with Crippen molar-refractivity contribution >= 4 is 5.91 Å². The monoisotopic (exact) mass is 265 g/mol. The molecule has 1 amide bonds. The van der Waals surface area contributed by atoms with Crippen molar-refractivity contribution in [1.29, 1.82) is 0 Å². The van der Waals surface area contributed by atoms with E-state index in [-0.39, 0.29) is 5.91 Å². The average molecular weight is 265 g/mol.